The molecule has 0 atom stereocenters. The second-order valence-electron chi connectivity index (χ2n) is 7.84. The molecule has 0 unspecified atom stereocenters. The van der Waals surface area contributed by atoms with E-state index in [4.69, 9.17) is 16.3 Å². The minimum Gasteiger partial charge on any atom is -0.489 e. The van der Waals surface area contributed by atoms with Gasteiger partial charge >= 0.3 is 0 Å². The molecule has 3 aromatic rings. The average Bonchev–Trinajstić information content (AvgIpc) is 2.74. The van der Waals surface area contributed by atoms with Gasteiger partial charge in [-0.25, -0.2) is 0 Å². The van der Waals surface area contributed by atoms with Gasteiger partial charge in [0.2, 0.25) is 0 Å². The molecule has 0 saturated carbocycles. The van der Waals surface area contributed by atoms with Crippen LogP contribution < -0.4 is 15.4 Å². The van der Waals surface area contributed by atoms with Gasteiger partial charge in [0.1, 0.15) is 12.4 Å². The summed E-state index contributed by atoms with van der Waals surface area (Å²) in [4.78, 5) is 0. The molecule has 1 aliphatic rings. The second kappa shape index (κ2) is 11.0. The third-order valence-corrected chi connectivity index (χ3v) is 6.20. The van der Waals surface area contributed by atoms with Crippen molar-refractivity contribution in [3.63, 3.8) is 0 Å². The van der Waals surface area contributed by atoms with E-state index in [2.05, 4.69) is 69.0 Å². The fourth-order valence-corrected chi connectivity index (χ4v) is 4.26. The number of benzene rings is 3. The summed E-state index contributed by atoms with van der Waals surface area (Å²) in [5.41, 5.74) is 4.56. The molecular weight excluding hydrogens is 472 g/mol. The Hall–Kier alpha value is -2.11. The molecule has 0 bridgehead atoms. The first-order valence-corrected chi connectivity index (χ1v) is 11.7. The Kier molecular flexibility index (Phi) is 7.81. The average molecular weight is 498 g/mol. The molecule has 0 aromatic heterocycles. The maximum Gasteiger partial charge on any atom is 0.120 e. The molecule has 0 radical (unpaired) electrons. The van der Waals surface area contributed by atoms with E-state index in [1.165, 1.54) is 5.56 Å². The SMILES string of the molecule is Clc1ccc(/C=C/c2cc(CNCC3CNC3)cc(OCc3ccccc3)c2)c(Br)c1. The summed E-state index contributed by atoms with van der Waals surface area (Å²) in [6.07, 6.45) is 4.21. The van der Waals surface area contributed by atoms with Gasteiger partial charge in [-0.1, -0.05) is 82.1 Å². The van der Waals surface area contributed by atoms with E-state index in [0.29, 0.717) is 6.61 Å². The maximum atomic E-state index is 6.13. The number of nitrogens with one attached hydrogen (secondary N) is 2. The molecular formula is C26H26BrClN2O. The Balaban J connectivity index is 1.50. The normalized spacial score (nSPS) is 14.0. The van der Waals surface area contributed by atoms with Gasteiger partial charge < -0.3 is 15.4 Å². The first-order chi connectivity index (χ1) is 15.2. The van der Waals surface area contributed by atoms with Gasteiger partial charge in [0.15, 0.2) is 0 Å². The molecule has 0 amide bonds. The Morgan fingerprint density at radius 2 is 1.84 bits per heavy atom. The predicted molar refractivity (Wildman–Crippen MR) is 133 cm³/mol. The van der Waals surface area contributed by atoms with Gasteiger partial charge in [-0.3, -0.25) is 0 Å². The van der Waals surface area contributed by atoms with Crippen molar-refractivity contribution in [2.45, 2.75) is 13.2 Å². The summed E-state index contributed by atoms with van der Waals surface area (Å²) >= 11 is 9.65. The predicted octanol–water partition coefficient (Wildman–Crippen LogP) is 6.16. The molecule has 31 heavy (non-hydrogen) atoms. The molecule has 0 aliphatic carbocycles. The number of ether oxygens (including phenoxy) is 1. The standard InChI is InChI=1S/C26H26BrClN2O/c27-26-13-24(28)9-8-23(26)7-6-20-10-21(14-29-15-22-16-30-17-22)12-25(11-20)31-18-19-4-2-1-3-5-19/h1-13,22,29-30H,14-18H2/b7-6+. The zero-order valence-corrected chi connectivity index (χ0v) is 19.6. The minimum absolute atomic E-state index is 0.553. The highest BCUT2D eigenvalue weighted by Crippen LogP contribution is 2.25. The Morgan fingerprint density at radius 3 is 2.58 bits per heavy atom. The fraction of sp³-hybridized carbons (Fsp3) is 0.231. The van der Waals surface area contributed by atoms with E-state index in [0.717, 1.165) is 64.0 Å². The van der Waals surface area contributed by atoms with Crippen LogP contribution in [0.25, 0.3) is 12.2 Å². The molecule has 1 saturated heterocycles. The van der Waals surface area contributed by atoms with Crippen LogP contribution >= 0.6 is 27.5 Å². The van der Waals surface area contributed by atoms with Crippen molar-refractivity contribution < 1.29 is 4.74 Å². The van der Waals surface area contributed by atoms with E-state index in [-0.39, 0.29) is 0 Å². The monoisotopic (exact) mass is 496 g/mol. The van der Waals surface area contributed by atoms with Gasteiger partial charge in [0.05, 0.1) is 0 Å². The van der Waals surface area contributed by atoms with Crippen LogP contribution in [0.4, 0.5) is 0 Å². The number of rotatable bonds is 9. The highest BCUT2D eigenvalue weighted by atomic mass is 79.9. The zero-order chi connectivity index (χ0) is 21.5. The fourth-order valence-electron chi connectivity index (χ4n) is 3.44. The van der Waals surface area contributed by atoms with Gasteiger partial charge in [-0.05, 0) is 52.4 Å². The van der Waals surface area contributed by atoms with Crippen molar-refractivity contribution in [1.29, 1.82) is 0 Å². The molecule has 1 fully saturated rings. The van der Waals surface area contributed by atoms with Crippen molar-refractivity contribution >= 4 is 39.7 Å². The Morgan fingerprint density at radius 1 is 1.00 bits per heavy atom. The van der Waals surface area contributed by atoms with Gasteiger partial charge in [0.25, 0.3) is 0 Å². The molecule has 1 aliphatic heterocycles. The molecule has 160 valence electrons. The van der Waals surface area contributed by atoms with E-state index >= 15 is 0 Å². The smallest absolute Gasteiger partial charge is 0.120 e. The summed E-state index contributed by atoms with van der Waals surface area (Å²) in [6.45, 7) is 4.63. The van der Waals surface area contributed by atoms with E-state index in [1.54, 1.807) is 0 Å². The number of hydrogen-bond acceptors (Lipinski definition) is 3. The molecule has 2 N–H and O–H groups in total. The second-order valence-corrected chi connectivity index (χ2v) is 9.13. The summed E-state index contributed by atoms with van der Waals surface area (Å²) in [5.74, 6) is 1.61. The summed E-state index contributed by atoms with van der Waals surface area (Å²) in [7, 11) is 0. The summed E-state index contributed by atoms with van der Waals surface area (Å²) < 4.78 is 7.10. The first kappa shape index (κ1) is 22.1. The maximum absolute atomic E-state index is 6.13. The van der Waals surface area contributed by atoms with Crippen LogP contribution in [0.15, 0.2) is 71.2 Å². The van der Waals surface area contributed by atoms with Crippen molar-refractivity contribution in [2.24, 2.45) is 5.92 Å². The third-order valence-electron chi connectivity index (χ3n) is 5.28. The largest absolute Gasteiger partial charge is 0.489 e. The highest BCUT2D eigenvalue weighted by molar-refractivity contribution is 9.10. The van der Waals surface area contributed by atoms with Crippen LogP contribution in [0, 0.1) is 5.92 Å². The van der Waals surface area contributed by atoms with Gasteiger partial charge in [-0.2, -0.15) is 0 Å². The molecule has 5 heteroatoms. The zero-order valence-electron chi connectivity index (χ0n) is 17.3. The van der Waals surface area contributed by atoms with Gasteiger partial charge in [-0.15, -0.1) is 0 Å². The van der Waals surface area contributed by atoms with Crippen LogP contribution in [-0.2, 0) is 13.2 Å². The van der Waals surface area contributed by atoms with Crippen molar-refractivity contribution in [3.05, 3.63) is 98.5 Å². The van der Waals surface area contributed by atoms with Crippen LogP contribution in [-0.4, -0.2) is 19.6 Å². The molecule has 0 spiro atoms. The third kappa shape index (κ3) is 6.68. The minimum atomic E-state index is 0.553. The van der Waals surface area contributed by atoms with Crippen molar-refractivity contribution in [1.82, 2.24) is 10.6 Å². The van der Waals surface area contributed by atoms with Gasteiger partial charge in [0, 0.05) is 35.7 Å². The number of halogens is 2. The summed E-state index contributed by atoms with van der Waals surface area (Å²) in [5, 5.41) is 7.62. The molecule has 3 aromatic carbocycles. The quantitative estimate of drug-likeness (QED) is 0.347. The van der Waals surface area contributed by atoms with Crippen LogP contribution in [0.2, 0.25) is 5.02 Å². The lowest BCUT2D eigenvalue weighted by Crippen LogP contribution is -2.47. The van der Waals surface area contributed by atoms with Crippen LogP contribution in [0.3, 0.4) is 0 Å². The van der Waals surface area contributed by atoms with E-state index in [1.807, 2.05) is 36.4 Å². The topological polar surface area (TPSA) is 33.3 Å². The first-order valence-electron chi connectivity index (χ1n) is 10.5. The highest BCUT2D eigenvalue weighted by Gasteiger charge is 2.15. The molecule has 4 rings (SSSR count). The summed E-state index contributed by atoms with van der Waals surface area (Å²) in [6, 6.07) is 22.5. The van der Waals surface area contributed by atoms with Crippen molar-refractivity contribution in [3.8, 4) is 5.75 Å². The molecule has 1 heterocycles. The van der Waals surface area contributed by atoms with Crippen LogP contribution in [0.1, 0.15) is 22.3 Å². The molecule has 3 nitrogen and oxygen atoms in total. The van der Waals surface area contributed by atoms with E-state index < -0.39 is 0 Å². The van der Waals surface area contributed by atoms with Crippen LogP contribution in [0.5, 0.6) is 5.75 Å². The lowest BCUT2D eigenvalue weighted by Gasteiger charge is -2.27. The Bertz CT molecular complexity index is 1030. The number of hydrogen-bond donors (Lipinski definition) is 2. The Labute approximate surface area is 197 Å². The lowest BCUT2D eigenvalue weighted by atomic mass is 10.0. The lowest BCUT2D eigenvalue weighted by molar-refractivity contribution is 0.305. The van der Waals surface area contributed by atoms with Crippen molar-refractivity contribution in [2.75, 3.05) is 19.6 Å². The van der Waals surface area contributed by atoms with E-state index in [9.17, 15) is 0 Å².